The van der Waals surface area contributed by atoms with Gasteiger partial charge in [-0.25, -0.2) is 4.39 Å². The zero-order valence-electron chi connectivity index (χ0n) is 11.0. The molecule has 0 radical (unpaired) electrons. The van der Waals surface area contributed by atoms with Crippen LogP contribution in [0.4, 0.5) is 4.39 Å². The third-order valence-corrected chi connectivity index (χ3v) is 4.55. The van der Waals surface area contributed by atoms with Crippen molar-refractivity contribution in [3.05, 3.63) is 60.7 Å². The molecule has 0 saturated carbocycles. The van der Waals surface area contributed by atoms with Crippen molar-refractivity contribution < 1.29 is 9.13 Å². The fourth-order valence-electron chi connectivity index (χ4n) is 1.85. The monoisotopic (exact) mass is 479 g/mol. The van der Waals surface area contributed by atoms with Gasteiger partial charge in [-0.2, -0.15) is 0 Å². The van der Waals surface area contributed by atoms with E-state index < -0.39 is 0 Å². The molecule has 0 aromatic heterocycles. The van der Waals surface area contributed by atoms with Gasteiger partial charge in [0.05, 0.1) is 8.95 Å². The van der Waals surface area contributed by atoms with Crippen LogP contribution >= 0.6 is 47.8 Å². The summed E-state index contributed by atoms with van der Waals surface area (Å²) in [7, 11) is 0. The van der Waals surface area contributed by atoms with Gasteiger partial charge >= 0.3 is 0 Å². The number of hydrogen-bond acceptors (Lipinski definition) is 2. The maximum Gasteiger partial charge on any atom is 0.148 e. The zero-order valence-corrected chi connectivity index (χ0v) is 15.8. The van der Waals surface area contributed by atoms with Crippen LogP contribution in [0.3, 0.4) is 0 Å². The van der Waals surface area contributed by atoms with E-state index in [4.69, 9.17) is 10.5 Å². The van der Waals surface area contributed by atoms with E-state index in [2.05, 4.69) is 47.8 Å². The number of nitrogens with two attached hydrogens (primary N) is 1. The van der Waals surface area contributed by atoms with Crippen molar-refractivity contribution in [3.63, 3.8) is 0 Å². The van der Waals surface area contributed by atoms with Gasteiger partial charge in [0, 0.05) is 10.0 Å². The molecule has 0 unspecified atom stereocenters. The van der Waals surface area contributed by atoms with Gasteiger partial charge in [-0.1, -0.05) is 22.0 Å². The lowest BCUT2D eigenvalue weighted by molar-refractivity contribution is 0.296. The van der Waals surface area contributed by atoms with E-state index in [1.807, 2.05) is 12.1 Å². The summed E-state index contributed by atoms with van der Waals surface area (Å²) in [6, 6.07) is 8.84. The highest BCUT2D eigenvalue weighted by molar-refractivity contribution is 9.11. The minimum atomic E-state index is -0.295. The molecule has 2 aromatic carbocycles. The van der Waals surface area contributed by atoms with Gasteiger partial charge in [0.25, 0.3) is 0 Å². The summed E-state index contributed by atoms with van der Waals surface area (Å²) >= 11 is 10.2. The van der Waals surface area contributed by atoms with Crippen LogP contribution in [0.5, 0.6) is 5.75 Å². The maximum absolute atomic E-state index is 13.8. The Balaban J connectivity index is 2.16. The van der Waals surface area contributed by atoms with Crippen LogP contribution in [-0.4, -0.2) is 6.54 Å². The van der Waals surface area contributed by atoms with Crippen LogP contribution < -0.4 is 10.5 Å². The standard InChI is InChI=1S/C15H13Br3FNO/c16-11-2-1-10(14(19)7-11)8-21-15-12(17)5-9(3-4-20)6-13(15)18/h1-2,5-7H,3-4,8,20H2. The SMILES string of the molecule is NCCc1cc(Br)c(OCc2ccc(Br)cc2F)c(Br)c1. The Labute approximate surface area is 148 Å². The molecule has 0 aliphatic carbocycles. The van der Waals surface area contributed by atoms with Crippen LogP contribution in [0.25, 0.3) is 0 Å². The second kappa shape index (κ2) is 7.72. The minimum absolute atomic E-state index is 0.159. The molecule has 0 heterocycles. The van der Waals surface area contributed by atoms with Crippen LogP contribution in [0.15, 0.2) is 43.7 Å². The summed E-state index contributed by atoms with van der Waals surface area (Å²) in [6.07, 6.45) is 0.790. The molecule has 2 N–H and O–H groups in total. The predicted molar refractivity (Wildman–Crippen MR) is 93.0 cm³/mol. The molecular weight excluding hydrogens is 469 g/mol. The normalized spacial score (nSPS) is 10.7. The van der Waals surface area contributed by atoms with Gasteiger partial charge in [-0.3, -0.25) is 0 Å². The lowest BCUT2D eigenvalue weighted by Gasteiger charge is -2.13. The highest BCUT2D eigenvalue weighted by Crippen LogP contribution is 2.35. The first kappa shape index (κ1) is 16.9. The van der Waals surface area contributed by atoms with Crippen molar-refractivity contribution >= 4 is 47.8 Å². The number of ether oxygens (including phenoxy) is 1. The Bertz CT molecular complexity index is 626. The fraction of sp³-hybridized carbons (Fsp3) is 0.200. The molecule has 0 saturated heterocycles. The highest BCUT2D eigenvalue weighted by atomic mass is 79.9. The summed E-state index contributed by atoms with van der Waals surface area (Å²) in [6.45, 7) is 0.746. The topological polar surface area (TPSA) is 35.2 Å². The average Bonchev–Trinajstić information content (AvgIpc) is 2.40. The summed E-state index contributed by atoms with van der Waals surface area (Å²) in [5.41, 5.74) is 7.17. The van der Waals surface area contributed by atoms with Gasteiger partial charge in [0.2, 0.25) is 0 Å². The van der Waals surface area contributed by atoms with Gasteiger partial charge < -0.3 is 10.5 Å². The van der Waals surface area contributed by atoms with Crippen molar-refractivity contribution in [1.29, 1.82) is 0 Å². The van der Waals surface area contributed by atoms with Crippen LogP contribution in [0, 0.1) is 5.82 Å². The first-order chi connectivity index (χ1) is 10.0. The summed E-state index contributed by atoms with van der Waals surface area (Å²) in [5, 5.41) is 0. The van der Waals surface area contributed by atoms with Gasteiger partial charge in [0.15, 0.2) is 0 Å². The van der Waals surface area contributed by atoms with E-state index in [9.17, 15) is 4.39 Å². The lowest BCUT2D eigenvalue weighted by Crippen LogP contribution is -2.04. The Kier molecular flexibility index (Phi) is 6.22. The molecule has 6 heteroatoms. The summed E-state index contributed by atoms with van der Waals surface area (Å²) < 4.78 is 21.8. The quantitative estimate of drug-likeness (QED) is 0.637. The average molecular weight is 482 g/mol. The van der Waals surface area contributed by atoms with E-state index >= 15 is 0 Å². The molecule has 2 rings (SSSR count). The molecule has 0 aliphatic rings. The molecule has 21 heavy (non-hydrogen) atoms. The molecular formula is C15H13Br3FNO. The van der Waals surface area contributed by atoms with Crippen LogP contribution in [0.2, 0.25) is 0 Å². The second-order valence-corrected chi connectivity index (χ2v) is 7.08. The van der Waals surface area contributed by atoms with Crippen LogP contribution in [0.1, 0.15) is 11.1 Å². The second-order valence-electron chi connectivity index (χ2n) is 4.45. The van der Waals surface area contributed by atoms with Crippen molar-refractivity contribution in [3.8, 4) is 5.75 Å². The minimum Gasteiger partial charge on any atom is -0.486 e. The van der Waals surface area contributed by atoms with Gasteiger partial charge in [0.1, 0.15) is 18.2 Å². The molecule has 0 fully saturated rings. The molecule has 0 amide bonds. The molecule has 0 aliphatic heterocycles. The molecule has 2 aromatic rings. The third-order valence-electron chi connectivity index (χ3n) is 2.88. The fourth-order valence-corrected chi connectivity index (χ4v) is 3.69. The van der Waals surface area contributed by atoms with Crippen molar-refractivity contribution in [2.24, 2.45) is 5.73 Å². The van der Waals surface area contributed by atoms with Gasteiger partial charge in [-0.05, 0) is 74.7 Å². The van der Waals surface area contributed by atoms with E-state index in [1.54, 1.807) is 12.1 Å². The third kappa shape index (κ3) is 4.52. The molecule has 0 atom stereocenters. The first-order valence-corrected chi connectivity index (χ1v) is 8.64. The van der Waals surface area contributed by atoms with E-state index in [1.165, 1.54) is 6.07 Å². The zero-order chi connectivity index (χ0) is 15.4. The van der Waals surface area contributed by atoms with Gasteiger partial charge in [-0.15, -0.1) is 0 Å². The smallest absolute Gasteiger partial charge is 0.148 e. The molecule has 112 valence electrons. The summed E-state index contributed by atoms with van der Waals surface area (Å²) in [5.74, 6) is 0.356. The van der Waals surface area contributed by atoms with Crippen molar-refractivity contribution in [2.75, 3.05) is 6.54 Å². The highest BCUT2D eigenvalue weighted by Gasteiger charge is 2.11. The van der Waals surface area contributed by atoms with Crippen molar-refractivity contribution in [1.82, 2.24) is 0 Å². The van der Waals surface area contributed by atoms with Crippen molar-refractivity contribution in [2.45, 2.75) is 13.0 Å². The lowest BCUT2D eigenvalue weighted by atomic mass is 10.1. The predicted octanol–water partition coefficient (Wildman–Crippen LogP) is 5.19. The van der Waals surface area contributed by atoms with E-state index in [0.29, 0.717) is 22.3 Å². The van der Waals surface area contributed by atoms with Crippen LogP contribution in [-0.2, 0) is 13.0 Å². The molecule has 0 spiro atoms. The largest absolute Gasteiger partial charge is 0.486 e. The number of halogens is 4. The maximum atomic E-state index is 13.8. The summed E-state index contributed by atoms with van der Waals surface area (Å²) in [4.78, 5) is 0. The Morgan fingerprint density at radius 1 is 1.05 bits per heavy atom. The Morgan fingerprint density at radius 2 is 1.71 bits per heavy atom. The number of benzene rings is 2. The van der Waals surface area contributed by atoms with E-state index in [-0.39, 0.29) is 12.4 Å². The Hall–Kier alpha value is -0.430. The Morgan fingerprint density at radius 3 is 2.29 bits per heavy atom. The molecule has 2 nitrogen and oxygen atoms in total. The molecule has 0 bridgehead atoms. The number of rotatable bonds is 5. The van der Waals surface area contributed by atoms with E-state index in [0.717, 1.165) is 20.9 Å². The first-order valence-electron chi connectivity index (χ1n) is 6.26. The number of hydrogen-bond donors (Lipinski definition) is 1.